The Balaban J connectivity index is 1.99. The topological polar surface area (TPSA) is 42.3 Å². The lowest BCUT2D eigenvalue weighted by atomic mass is 10.3. The van der Waals surface area contributed by atoms with Crippen molar-refractivity contribution in [1.82, 2.24) is 14.7 Å². The average molecular weight is 318 g/mol. The van der Waals surface area contributed by atoms with Crippen LogP contribution in [-0.2, 0) is 13.1 Å². The number of thiocarbonyl (C=S) groups is 1. The molecule has 0 radical (unpaired) electrons. The van der Waals surface area contributed by atoms with Crippen LogP contribution in [0.15, 0.2) is 36.5 Å². The van der Waals surface area contributed by atoms with Crippen LogP contribution in [0.25, 0.3) is 0 Å². The zero-order valence-corrected chi connectivity index (χ0v) is 14.1. The Morgan fingerprint density at radius 1 is 1.32 bits per heavy atom. The van der Waals surface area contributed by atoms with Crippen molar-refractivity contribution < 1.29 is 4.74 Å². The van der Waals surface area contributed by atoms with Gasteiger partial charge in [-0.3, -0.25) is 4.68 Å². The van der Waals surface area contributed by atoms with Gasteiger partial charge in [0.15, 0.2) is 5.11 Å². The molecule has 2 aromatic rings. The van der Waals surface area contributed by atoms with Gasteiger partial charge >= 0.3 is 0 Å². The molecule has 0 unspecified atom stereocenters. The summed E-state index contributed by atoms with van der Waals surface area (Å²) in [6, 6.07) is 9.79. The maximum atomic E-state index is 5.60. The maximum absolute atomic E-state index is 5.60. The summed E-state index contributed by atoms with van der Waals surface area (Å²) in [5.74, 6) is 0.802. The Morgan fingerprint density at radius 3 is 2.77 bits per heavy atom. The van der Waals surface area contributed by atoms with Crippen LogP contribution in [0.4, 0.5) is 5.69 Å². The Morgan fingerprint density at radius 2 is 2.09 bits per heavy atom. The van der Waals surface area contributed by atoms with Gasteiger partial charge < -0.3 is 15.0 Å². The first-order chi connectivity index (χ1) is 10.6. The zero-order chi connectivity index (χ0) is 15.9. The summed E-state index contributed by atoms with van der Waals surface area (Å²) >= 11 is 5.46. The van der Waals surface area contributed by atoms with Crippen molar-refractivity contribution in [2.24, 2.45) is 0 Å². The third kappa shape index (κ3) is 4.21. The van der Waals surface area contributed by atoms with E-state index >= 15 is 0 Å². The van der Waals surface area contributed by atoms with E-state index in [2.05, 4.69) is 17.3 Å². The molecule has 0 atom stereocenters. The van der Waals surface area contributed by atoms with Crippen molar-refractivity contribution in [3.8, 4) is 5.75 Å². The lowest BCUT2D eigenvalue weighted by molar-refractivity contribution is 0.342. The molecule has 1 heterocycles. The van der Waals surface area contributed by atoms with Crippen LogP contribution in [0.3, 0.4) is 0 Å². The average Bonchev–Trinajstić information content (AvgIpc) is 2.97. The molecule has 0 bridgehead atoms. The molecule has 0 spiro atoms. The fourth-order valence-corrected chi connectivity index (χ4v) is 2.22. The van der Waals surface area contributed by atoms with Gasteiger partial charge in [0, 0.05) is 19.8 Å². The Kier molecular flexibility index (Phi) is 5.77. The molecule has 0 aliphatic heterocycles. The van der Waals surface area contributed by atoms with Crippen molar-refractivity contribution in [2.75, 3.05) is 19.0 Å². The number of nitrogens with zero attached hydrogens (tertiary/aromatic N) is 3. The summed E-state index contributed by atoms with van der Waals surface area (Å²) in [4.78, 5) is 1.96. The van der Waals surface area contributed by atoms with E-state index in [4.69, 9.17) is 17.0 Å². The monoisotopic (exact) mass is 318 g/mol. The second-order valence-corrected chi connectivity index (χ2v) is 5.26. The van der Waals surface area contributed by atoms with Crippen LogP contribution < -0.4 is 10.1 Å². The van der Waals surface area contributed by atoms with Gasteiger partial charge in [0.25, 0.3) is 0 Å². The highest BCUT2D eigenvalue weighted by atomic mass is 32.1. The molecule has 5 nitrogen and oxygen atoms in total. The molecular formula is C16H22N4OS. The van der Waals surface area contributed by atoms with Gasteiger partial charge in [0.1, 0.15) is 5.75 Å². The van der Waals surface area contributed by atoms with E-state index in [-0.39, 0.29) is 0 Å². The molecule has 0 fully saturated rings. The molecule has 0 saturated carbocycles. The third-order valence-corrected chi connectivity index (χ3v) is 3.61. The minimum Gasteiger partial charge on any atom is -0.492 e. The molecule has 6 heteroatoms. The number of nitrogens with one attached hydrogen (secondary N) is 1. The van der Waals surface area contributed by atoms with Crippen molar-refractivity contribution in [3.05, 3.63) is 42.2 Å². The van der Waals surface area contributed by atoms with Crippen LogP contribution >= 0.6 is 12.2 Å². The summed E-state index contributed by atoms with van der Waals surface area (Å²) in [7, 11) is 1.95. The number of hydrogen-bond acceptors (Lipinski definition) is 3. The lowest BCUT2D eigenvalue weighted by Crippen LogP contribution is -2.31. The van der Waals surface area contributed by atoms with Gasteiger partial charge in [-0.2, -0.15) is 5.10 Å². The van der Waals surface area contributed by atoms with E-state index in [1.165, 1.54) is 0 Å². The molecule has 2 rings (SSSR count). The van der Waals surface area contributed by atoms with Gasteiger partial charge in [-0.1, -0.05) is 12.1 Å². The summed E-state index contributed by atoms with van der Waals surface area (Å²) in [5, 5.41) is 8.34. The molecule has 0 amide bonds. The molecule has 1 N–H and O–H groups in total. The summed E-state index contributed by atoms with van der Waals surface area (Å²) < 4.78 is 7.50. The van der Waals surface area contributed by atoms with E-state index in [0.29, 0.717) is 18.3 Å². The predicted molar refractivity (Wildman–Crippen MR) is 93.2 cm³/mol. The van der Waals surface area contributed by atoms with Crippen molar-refractivity contribution in [3.63, 3.8) is 0 Å². The minimum absolute atomic E-state index is 0.621. The molecule has 0 aliphatic rings. The molecule has 0 aliphatic carbocycles. The number of anilines is 1. The number of benzene rings is 1. The Labute approximate surface area is 136 Å². The smallest absolute Gasteiger partial charge is 0.173 e. The van der Waals surface area contributed by atoms with Crippen LogP contribution in [0.1, 0.15) is 19.5 Å². The van der Waals surface area contributed by atoms with Gasteiger partial charge in [-0.15, -0.1) is 0 Å². The van der Waals surface area contributed by atoms with E-state index in [0.717, 1.165) is 23.7 Å². The first-order valence-electron chi connectivity index (χ1n) is 7.40. The SMILES string of the molecule is CCOc1ccccc1NC(=S)N(C)Cc1ccn(CC)n1. The first kappa shape index (κ1) is 16.3. The molecule has 22 heavy (non-hydrogen) atoms. The number of hydrogen-bond donors (Lipinski definition) is 1. The standard InChI is InChI=1S/C16H22N4OS/c1-4-20-11-10-13(18-20)12-19(3)16(22)17-14-8-6-7-9-15(14)21-5-2/h6-11H,4-5,12H2,1-3H3,(H,17,22). The Bertz CT molecular complexity index is 626. The zero-order valence-electron chi connectivity index (χ0n) is 13.2. The second-order valence-electron chi connectivity index (χ2n) is 4.88. The largest absolute Gasteiger partial charge is 0.492 e. The summed E-state index contributed by atoms with van der Waals surface area (Å²) in [6.45, 7) is 6.18. The fraction of sp³-hybridized carbons (Fsp3) is 0.375. The van der Waals surface area contributed by atoms with Crippen molar-refractivity contribution in [2.45, 2.75) is 26.9 Å². The molecule has 1 aromatic carbocycles. The fourth-order valence-electron chi connectivity index (χ4n) is 2.04. The number of aromatic nitrogens is 2. The number of aryl methyl sites for hydroxylation is 1. The molecule has 0 saturated heterocycles. The number of rotatable bonds is 6. The number of ether oxygens (including phenoxy) is 1. The van der Waals surface area contributed by atoms with Gasteiger partial charge in [0.2, 0.25) is 0 Å². The molecule has 118 valence electrons. The quantitative estimate of drug-likeness (QED) is 0.829. The van der Waals surface area contributed by atoms with E-state index in [9.17, 15) is 0 Å². The predicted octanol–water partition coefficient (Wildman–Crippen LogP) is 3.13. The van der Waals surface area contributed by atoms with Crippen LogP contribution in [0.5, 0.6) is 5.75 Å². The van der Waals surface area contributed by atoms with Gasteiger partial charge in [-0.25, -0.2) is 0 Å². The summed E-state index contributed by atoms with van der Waals surface area (Å²) in [5.41, 5.74) is 1.87. The first-order valence-corrected chi connectivity index (χ1v) is 7.81. The lowest BCUT2D eigenvalue weighted by Gasteiger charge is -2.21. The van der Waals surface area contributed by atoms with E-state index < -0.39 is 0 Å². The summed E-state index contributed by atoms with van der Waals surface area (Å²) in [6.07, 6.45) is 1.98. The number of para-hydroxylation sites is 2. The van der Waals surface area contributed by atoms with Crippen molar-refractivity contribution in [1.29, 1.82) is 0 Å². The maximum Gasteiger partial charge on any atom is 0.173 e. The second kappa shape index (κ2) is 7.79. The van der Waals surface area contributed by atoms with Gasteiger partial charge in [0.05, 0.1) is 24.5 Å². The highest BCUT2D eigenvalue weighted by Gasteiger charge is 2.10. The van der Waals surface area contributed by atoms with Crippen molar-refractivity contribution >= 4 is 23.0 Å². The highest BCUT2D eigenvalue weighted by molar-refractivity contribution is 7.80. The van der Waals surface area contributed by atoms with Crippen LogP contribution in [-0.4, -0.2) is 33.4 Å². The highest BCUT2D eigenvalue weighted by Crippen LogP contribution is 2.24. The van der Waals surface area contributed by atoms with E-state index in [1.54, 1.807) is 0 Å². The van der Waals surface area contributed by atoms with Gasteiger partial charge in [-0.05, 0) is 44.3 Å². The molecule has 1 aromatic heterocycles. The van der Waals surface area contributed by atoms with E-state index in [1.807, 2.05) is 60.1 Å². The minimum atomic E-state index is 0.621. The Hall–Kier alpha value is -2.08. The normalized spacial score (nSPS) is 10.3. The third-order valence-electron chi connectivity index (χ3n) is 3.19. The van der Waals surface area contributed by atoms with Crippen LogP contribution in [0.2, 0.25) is 0 Å². The van der Waals surface area contributed by atoms with Crippen LogP contribution in [0, 0.1) is 0 Å². The molecular weight excluding hydrogens is 296 g/mol.